The molecule has 2 aromatic heterocycles. The second kappa shape index (κ2) is 20.7. The van der Waals surface area contributed by atoms with Crippen molar-refractivity contribution in [2.24, 2.45) is 0 Å². The molecule has 12 aromatic rings. The third kappa shape index (κ3) is 9.75. The second-order valence-corrected chi connectivity index (χ2v) is 17.9. The Morgan fingerprint density at radius 1 is 0.294 bits per heavy atom. The number of fused-ring (bicyclic) bond motifs is 6. The largest absolute Gasteiger partial charge is 0.489 e. The number of benzene rings is 10. The fourth-order valence-corrected chi connectivity index (χ4v) is 9.37. The first kappa shape index (κ1) is 45.9. The molecule has 7 heteroatoms. The fourth-order valence-electron chi connectivity index (χ4n) is 8.65. The van der Waals surface area contributed by atoms with Crippen LogP contribution in [-0.2, 0) is 0 Å². The molecule has 0 aliphatic carbocycles. The highest BCUT2D eigenvalue weighted by atomic mass is 79.9. The highest BCUT2D eigenvalue weighted by Crippen LogP contribution is 2.40. The Balaban J connectivity index is 0.000000153. The lowest BCUT2D eigenvalue weighted by Crippen LogP contribution is -2.31. The van der Waals surface area contributed by atoms with E-state index in [1.54, 1.807) is 12.1 Å². The van der Waals surface area contributed by atoms with Crippen LogP contribution >= 0.6 is 31.9 Å². The zero-order valence-electron chi connectivity index (χ0n) is 36.1. The molecule has 0 saturated heterocycles. The van der Waals surface area contributed by atoms with E-state index in [1.807, 2.05) is 66.7 Å². The molecule has 0 bridgehead atoms. The number of hydrogen-bond acceptors (Lipinski definition) is 4. The molecule has 4 nitrogen and oxygen atoms in total. The molecule has 0 fully saturated rings. The average molecular weight is 1010 g/mol. The molecule has 330 valence electrons. The van der Waals surface area contributed by atoms with Crippen LogP contribution in [0.3, 0.4) is 0 Å². The minimum absolute atomic E-state index is 0. The zero-order valence-corrected chi connectivity index (χ0v) is 39.2. The number of halogens is 2. The zero-order chi connectivity index (χ0) is 45.7. The van der Waals surface area contributed by atoms with E-state index in [9.17, 15) is 10.0 Å². The minimum atomic E-state index is -1.43. The van der Waals surface area contributed by atoms with Gasteiger partial charge in [0.05, 0.1) is 0 Å². The predicted octanol–water partition coefficient (Wildman–Crippen LogP) is 17.0. The Labute approximate surface area is 413 Å². The summed E-state index contributed by atoms with van der Waals surface area (Å²) < 4.78 is 14.1. The topological polar surface area (TPSA) is 66.7 Å². The number of furan rings is 2. The maximum Gasteiger partial charge on any atom is 0.489 e. The summed E-state index contributed by atoms with van der Waals surface area (Å²) in [6, 6.07) is 80.5. The molecule has 0 aliphatic rings. The van der Waals surface area contributed by atoms with E-state index >= 15 is 0 Å². The van der Waals surface area contributed by atoms with E-state index in [0.717, 1.165) is 63.9 Å². The van der Waals surface area contributed by atoms with E-state index in [2.05, 4.69) is 190 Å². The van der Waals surface area contributed by atoms with Gasteiger partial charge in [-0.1, -0.05) is 215 Å². The van der Waals surface area contributed by atoms with E-state index < -0.39 is 7.12 Å². The van der Waals surface area contributed by atoms with Gasteiger partial charge in [-0.15, -0.1) is 0 Å². The van der Waals surface area contributed by atoms with Gasteiger partial charge in [-0.2, -0.15) is 0 Å². The normalized spacial score (nSPS) is 10.8. The minimum Gasteiger partial charge on any atom is -0.456 e. The molecule has 12 rings (SSSR count). The highest BCUT2D eigenvalue weighted by Gasteiger charge is 2.17. The van der Waals surface area contributed by atoms with E-state index in [0.29, 0.717) is 5.46 Å². The first-order valence-corrected chi connectivity index (χ1v) is 23.5. The molecule has 0 atom stereocenters. The highest BCUT2D eigenvalue weighted by molar-refractivity contribution is 9.10. The van der Waals surface area contributed by atoms with Crippen molar-refractivity contribution in [3.05, 3.63) is 246 Å². The van der Waals surface area contributed by atoms with Crippen molar-refractivity contribution in [1.82, 2.24) is 0 Å². The summed E-state index contributed by atoms with van der Waals surface area (Å²) >= 11 is 6.94. The lowest BCUT2D eigenvalue weighted by atomic mass is 9.75. The van der Waals surface area contributed by atoms with Crippen molar-refractivity contribution in [2.75, 3.05) is 0 Å². The quantitative estimate of drug-likeness (QED) is 0.163. The van der Waals surface area contributed by atoms with Crippen molar-refractivity contribution in [3.8, 4) is 55.6 Å². The lowest BCUT2D eigenvalue weighted by molar-refractivity contribution is 0.426. The predicted molar refractivity (Wildman–Crippen MR) is 293 cm³/mol. The van der Waals surface area contributed by atoms with Crippen LogP contribution < -0.4 is 5.46 Å². The maximum absolute atomic E-state index is 9.22. The Hall–Kier alpha value is -7.26. The molecule has 68 heavy (non-hydrogen) atoms. The summed E-state index contributed by atoms with van der Waals surface area (Å²) in [7, 11) is -1.43. The Bertz CT molecular complexity index is 3450. The molecular weight excluding hydrogens is 967 g/mol. The van der Waals surface area contributed by atoms with Gasteiger partial charge in [0.15, 0.2) is 0 Å². The van der Waals surface area contributed by atoms with Crippen LogP contribution in [0.15, 0.2) is 254 Å². The van der Waals surface area contributed by atoms with Gasteiger partial charge in [0.2, 0.25) is 0 Å². The van der Waals surface area contributed by atoms with Gasteiger partial charge >= 0.3 is 7.12 Å². The van der Waals surface area contributed by atoms with Crippen LogP contribution in [-0.4, -0.2) is 17.2 Å². The van der Waals surface area contributed by atoms with Gasteiger partial charge in [-0.3, -0.25) is 0 Å². The van der Waals surface area contributed by atoms with Crippen molar-refractivity contribution < 1.29 is 18.9 Å². The maximum atomic E-state index is 9.22. The summed E-state index contributed by atoms with van der Waals surface area (Å²) in [5.41, 5.74) is 15.7. The van der Waals surface area contributed by atoms with Gasteiger partial charge in [0, 0.05) is 30.5 Å². The van der Waals surface area contributed by atoms with Crippen LogP contribution in [0.2, 0.25) is 0 Å². The van der Waals surface area contributed by atoms with Gasteiger partial charge in [-0.25, -0.2) is 0 Å². The standard InChI is InChI=1S/C36H24O.C12H11BO2.C12H6Br2O.CH4/c1-3-11-25(12-4-1)29-15-7-9-17-31(29)27-19-21-35-33(23-27)34-24-28(20-22-36(34)37-35)32-18-10-8-16-30(32)26-13-5-2-6-14-26;14-13(15)12-9-5-4-8-11(12)10-6-2-1-3-7-10;13-7-1-3-11-9(5-7)10-6-8(14)2-4-12(10)15-11;/h1-24H;1-9,14-15H;1-6H;1H4. The smallest absolute Gasteiger partial charge is 0.456 e. The molecular formula is C61H45BBr2O4. The molecule has 0 saturated carbocycles. The molecule has 0 spiro atoms. The third-order valence-corrected chi connectivity index (χ3v) is 12.8. The Morgan fingerprint density at radius 3 is 0.971 bits per heavy atom. The molecule has 2 heterocycles. The third-order valence-electron chi connectivity index (χ3n) is 11.8. The van der Waals surface area contributed by atoms with Crippen LogP contribution in [0.4, 0.5) is 0 Å². The van der Waals surface area contributed by atoms with Gasteiger partial charge < -0.3 is 18.9 Å². The summed E-state index contributed by atoms with van der Waals surface area (Å²) in [4.78, 5) is 0. The van der Waals surface area contributed by atoms with E-state index in [-0.39, 0.29) is 7.43 Å². The SMILES string of the molecule is Brc1ccc2oc3ccc(Br)cc3c2c1.C.OB(O)c1ccccc1-c1ccccc1.c1ccc(-c2ccccc2-c2ccc3oc4ccc(-c5ccccc5-c5ccccc5)cc4c3c2)cc1. The monoisotopic (exact) mass is 1010 g/mol. The van der Waals surface area contributed by atoms with Gasteiger partial charge in [0.1, 0.15) is 22.3 Å². The fraction of sp³-hybridized carbons (Fsp3) is 0.0164. The first-order chi connectivity index (χ1) is 32.9. The average Bonchev–Trinajstić information content (AvgIpc) is 3.94. The van der Waals surface area contributed by atoms with Crippen LogP contribution in [0.1, 0.15) is 7.43 Å². The second-order valence-electron chi connectivity index (χ2n) is 16.1. The van der Waals surface area contributed by atoms with Crippen LogP contribution in [0.25, 0.3) is 99.5 Å². The van der Waals surface area contributed by atoms with Crippen molar-refractivity contribution >= 4 is 88.3 Å². The number of rotatable bonds is 6. The summed E-state index contributed by atoms with van der Waals surface area (Å²) in [6.45, 7) is 0. The lowest BCUT2D eigenvalue weighted by Gasteiger charge is -2.11. The Kier molecular flexibility index (Phi) is 14.0. The Morgan fingerprint density at radius 2 is 0.588 bits per heavy atom. The van der Waals surface area contributed by atoms with Crippen LogP contribution in [0.5, 0.6) is 0 Å². The van der Waals surface area contributed by atoms with Gasteiger partial charge in [-0.05, 0) is 122 Å². The molecule has 0 amide bonds. The summed E-state index contributed by atoms with van der Waals surface area (Å²) in [6.07, 6.45) is 0. The molecule has 0 aliphatic heterocycles. The summed E-state index contributed by atoms with van der Waals surface area (Å²) in [5, 5.41) is 23.0. The van der Waals surface area contributed by atoms with E-state index in [1.165, 1.54) is 44.5 Å². The molecule has 0 unspecified atom stereocenters. The molecule has 0 radical (unpaired) electrons. The molecule has 2 N–H and O–H groups in total. The molecule has 10 aromatic carbocycles. The van der Waals surface area contributed by atoms with Crippen molar-refractivity contribution in [2.45, 2.75) is 7.43 Å². The van der Waals surface area contributed by atoms with Gasteiger partial charge in [0.25, 0.3) is 0 Å². The first-order valence-electron chi connectivity index (χ1n) is 21.9. The van der Waals surface area contributed by atoms with Crippen molar-refractivity contribution in [1.29, 1.82) is 0 Å². The summed E-state index contributed by atoms with van der Waals surface area (Å²) in [5.74, 6) is 0. The van der Waals surface area contributed by atoms with Crippen molar-refractivity contribution in [3.63, 3.8) is 0 Å². The van der Waals surface area contributed by atoms with Crippen LogP contribution in [0, 0.1) is 0 Å². The number of hydrogen-bond donors (Lipinski definition) is 2. The van der Waals surface area contributed by atoms with E-state index in [4.69, 9.17) is 8.83 Å².